The fourth-order valence-corrected chi connectivity index (χ4v) is 1.59. The lowest BCUT2D eigenvalue weighted by molar-refractivity contribution is 0.0950. The van der Waals surface area contributed by atoms with E-state index >= 15 is 0 Å². The van der Waals surface area contributed by atoms with Crippen LogP contribution in [0, 0.1) is 5.82 Å². The van der Waals surface area contributed by atoms with Gasteiger partial charge in [-0.25, -0.2) is 14.4 Å². The lowest BCUT2D eigenvalue weighted by atomic mass is 10.2. The molecule has 104 valence electrons. The van der Waals surface area contributed by atoms with Crippen molar-refractivity contribution in [2.24, 2.45) is 0 Å². The third-order valence-electron chi connectivity index (χ3n) is 2.70. The van der Waals surface area contributed by atoms with Crippen LogP contribution in [0.2, 0.25) is 0 Å². The average Bonchev–Trinajstić information content (AvgIpc) is 2.46. The van der Waals surface area contributed by atoms with Crippen molar-refractivity contribution in [3.8, 4) is 0 Å². The second-order valence-electron chi connectivity index (χ2n) is 4.44. The van der Waals surface area contributed by atoms with Crippen LogP contribution in [-0.2, 0) is 6.54 Å². The van der Waals surface area contributed by atoms with Crippen LogP contribution in [0.5, 0.6) is 0 Å². The second-order valence-corrected chi connectivity index (χ2v) is 4.44. The Bertz CT molecular complexity index is 598. The average molecular weight is 274 g/mol. The van der Waals surface area contributed by atoms with Gasteiger partial charge in [-0.3, -0.25) is 4.79 Å². The van der Waals surface area contributed by atoms with E-state index in [4.69, 9.17) is 0 Å². The first-order valence-electron chi connectivity index (χ1n) is 6.09. The quantitative estimate of drug-likeness (QED) is 0.920. The molecule has 5 nitrogen and oxygen atoms in total. The molecule has 0 aliphatic heterocycles. The van der Waals surface area contributed by atoms with Crippen LogP contribution in [0.3, 0.4) is 0 Å². The summed E-state index contributed by atoms with van der Waals surface area (Å²) in [6, 6.07) is 6.31. The van der Waals surface area contributed by atoms with Gasteiger partial charge in [0.2, 0.25) is 5.95 Å². The minimum Gasteiger partial charge on any atom is -0.348 e. The summed E-state index contributed by atoms with van der Waals surface area (Å²) in [4.78, 5) is 21.7. The van der Waals surface area contributed by atoms with E-state index in [1.54, 1.807) is 23.1 Å². The van der Waals surface area contributed by atoms with E-state index in [2.05, 4.69) is 15.3 Å². The van der Waals surface area contributed by atoms with E-state index < -0.39 is 0 Å². The van der Waals surface area contributed by atoms with Gasteiger partial charge < -0.3 is 10.2 Å². The summed E-state index contributed by atoms with van der Waals surface area (Å²) in [5, 5.41) is 2.63. The molecule has 2 aromatic rings. The molecule has 0 spiro atoms. The lowest BCUT2D eigenvalue weighted by Gasteiger charge is -2.10. The number of nitrogens with one attached hydrogen (secondary N) is 1. The minimum atomic E-state index is -0.341. The summed E-state index contributed by atoms with van der Waals surface area (Å²) in [6.07, 6.45) is 2.89. The maximum absolute atomic E-state index is 13.4. The fraction of sp³-hybridized carbons (Fsp3) is 0.214. The zero-order chi connectivity index (χ0) is 14.5. The zero-order valence-corrected chi connectivity index (χ0v) is 11.3. The van der Waals surface area contributed by atoms with Crippen molar-refractivity contribution < 1.29 is 9.18 Å². The molecule has 1 amide bonds. The molecule has 0 radical (unpaired) electrons. The molecule has 0 aliphatic carbocycles. The van der Waals surface area contributed by atoms with Gasteiger partial charge in [0.05, 0.1) is 5.56 Å². The second kappa shape index (κ2) is 6.10. The van der Waals surface area contributed by atoms with E-state index in [1.165, 1.54) is 18.5 Å². The lowest BCUT2D eigenvalue weighted by Crippen LogP contribution is -2.24. The molecule has 6 heteroatoms. The highest BCUT2D eigenvalue weighted by molar-refractivity contribution is 5.93. The number of nitrogens with zero attached hydrogens (tertiary/aromatic N) is 3. The van der Waals surface area contributed by atoms with Crippen LogP contribution >= 0.6 is 0 Å². The molecule has 0 saturated carbocycles. The number of amides is 1. The maximum atomic E-state index is 13.4. The molecule has 20 heavy (non-hydrogen) atoms. The van der Waals surface area contributed by atoms with Crippen LogP contribution in [0.4, 0.5) is 10.3 Å². The van der Waals surface area contributed by atoms with E-state index in [0.29, 0.717) is 17.1 Å². The van der Waals surface area contributed by atoms with Crippen molar-refractivity contribution in [1.29, 1.82) is 0 Å². The third kappa shape index (κ3) is 3.28. The van der Waals surface area contributed by atoms with Gasteiger partial charge >= 0.3 is 0 Å². The highest BCUT2D eigenvalue weighted by atomic mass is 19.1. The fourth-order valence-electron chi connectivity index (χ4n) is 1.59. The summed E-state index contributed by atoms with van der Waals surface area (Å²) in [6.45, 7) is 0.126. The Morgan fingerprint density at radius 3 is 2.50 bits per heavy atom. The molecular weight excluding hydrogens is 259 g/mol. The van der Waals surface area contributed by atoms with E-state index in [0.717, 1.165) is 0 Å². The first-order valence-corrected chi connectivity index (χ1v) is 6.09. The van der Waals surface area contributed by atoms with Crippen molar-refractivity contribution in [1.82, 2.24) is 15.3 Å². The number of benzene rings is 1. The number of rotatable bonds is 4. The van der Waals surface area contributed by atoms with Gasteiger partial charge in [0.15, 0.2) is 0 Å². The molecule has 0 atom stereocenters. The van der Waals surface area contributed by atoms with Gasteiger partial charge in [-0.05, 0) is 6.07 Å². The summed E-state index contributed by atoms with van der Waals surface area (Å²) in [5.41, 5.74) is 0.776. The predicted octanol–water partition coefficient (Wildman–Crippen LogP) is 1.61. The van der Waals surface area contributed by atoms with Crippen molar-refractivity contribution >= 4 is 11.9 Å². The first-order chi connectivity index (χ1) is 9.58. The highest BCUT2D eigenvalue weighted by Gasteiger charge is 2.09. The van der Waals surface area contributed by atoms with Gasteiger partial charge in [0, 0.05) is 38.6 Å². The van der Waals surface area contributed by atoms with Gasteiger partial charge in [-0.1, -0.05) is 18.2 Å². The maximum Gasteiger partial charge on any atom is 0.254 e. The van der Waals surface area contributed by atoms with Crippen molar-refractivity contribution in [2.45, 2.75) is 6.54 Å². The molecule has 2 rings (SSSR count). The standard InChI is InChI=1S/C14H15FN4O/c1-19(2)14-17-8-11(9-18-14)13(20)16-7-10-5-3-4-6-12(10)15/h3-6,8-9H,7H2,1-2H3,(H,16,20). The largest absolute Gasteiger partial charge is 0.348 e. The molecule has 0 unspecified atom stereocenters. The van der Waals surface area contributed by atoms with Crippen LogP contribution < -0.4 is 10.2 Å². The molecule has 1 heterocycles. The monoisotopic (exact) mass is 274 g/mol. The molecule has 0 saturated heterocycles. The van der Waals surface area contributed by atoms with Gasteiger partial charge in [0.1, 0.15) is 5.82 Å². The molecule has 0 bridgehead atoms. The van der Waals surface area contributed by atoms with E-state index in [1.807, 2.05) is 14.1 Å². The Morgan fingerprint density at radius 1 is 1.25 bits per heavy atom. The number of aromatic nitrogens is 2. The summed E-state index contributed by atoms with van der Waals surface area (Å²) >= 11 is 0. The van der Waals surface area contributed by atoms with Gasteiger partial charge in [0.25, 0.3) is 5.91 Å². The Morgan fingerprint density at radius 2 is 1.90 bits per heavy atom. The minimum absolute atomic E-state index is 0.126. The number of hydrogen-bond acceptors (Lipinski definition) is 4. The Balaban J connectivity index is 2.00. The molecular formula is C14H15FN4O. The van der Waals surface area contributed by atoms with Crippen LogP contribution in [0.1, 0.15) is 15.9 Å². The van der Waals surface area contributed by atoms with E-state index in [-0.39, 0.29) is 18.3 Å². The van der Waals surface area contributed by atoms with Gasteiger partial charge in [-0.2, -0.15) is 0 Å². The summed E-state index contributed by atoms with van der Waals surface area (Å²) in [7, 11) is 3.63. The zero-order valence-electron chi connectivity index (χ0n) is 11.3. The molecule has 0 aliphatic rings. The molecule has 0 fully saturated rings. The van der Waals surface area contributed by atoms with Crippen molar-refractivity contribution in [2.75, 3.05) is 19.0 Å². The summed E-state index contributed by atoms with van der Waals surface area (Å²) < 4.78 is 13.4. The third-order valence-corrected chi connectivity index (χ3v) is 2.70. The number of carbonyl (C=O) groups excluding carboxylic acids is 1. The first kappa shape index (κ1) is 13.9. The highest BCUT2D eigenvalue weighted by Crippen LogP contribution is 2.07. The SMILES string of the molecule is CN(C)c1ncc(C(=O)NCc2ccccc2F)cn1. The Kier molecular flexibility index (Phi) is 4.24. The van der Waals surface area contributed by atoms with E-state index in [9.17, 15) is 9.18 Å². The smallest absolute Gasteiger partial charge is 0.254 e. The Hall–Kier alpha value is -2.50. The van der Waals surface area contributed by atoms with Crippen LogP contribution in [0.25, 0.3) is 0 Å². The number of anilines is 1. The van der Waals surface area contributed by atoms with Crippen LogP contribution in [-0.4, -0.2) is 30.0 Å². The number of carbonyl (C=O) groups is 1. The molecule has 1 N–H and O–H groups in total. The van der Waals surface area contributed by atoms with Crippen molar-refractivity contribution in [3.05, 3.63) is 53.6 Å². The van der Waals surface area contributed by atoms with Crippen molar-refractivity contribution in [3.63, 3.8) is 0 Å². The van der Waals surface area contributed by atoms with Crippen LogP contribution in [0.15, 0.2) is 36.7 Å². The topological polar surface area (TPSA) is 58.1 Å². The Labute approximate surface area is 116 Å². The molecule has 1 aromatic heterocycles. The summed E-state index contributed by atoms with van der Waals surface area (Å²) in [5.74, 6) is -0.152. The normalized spacial score (nSPS) is 10.2. The predicted molar refractivity (Wildman–Crippen MR) is 73.9 cm³/mol. The number of hydrogen-bond donors (Lipinski definition) is 1. The number of halogens is 1. The molecule has 1 aromatic carbocycles. The van der Waals surface area contributed by atoms with Gasteiger partial charge in [-0.15, -0.1) is 0 Å².